The summed E-state index contributed by atoms with van der Waals surface area (Å²) in [6.07, 6.45) is 7.42. The lowest BCUT2D eigenvalue weighted by atomic mass is 10.0. The number of hydrazine groups is 1. The Morgan fingerprint density at radius 1 is 1.25 bits per heavy atom. The molecule has 0 saturated carbocycles. The molecule has 1 atom stereocenters. The summed E-state index contributed by atoms with van der Waals surface area (Å²) < 4.78 is 0. The molecule has 90 valence electrons. The summed E-state index contributed by atoms with van der Waals surface area (Å²) in [5.74, 6) is -0.771. The molecule has 0 spiro atoms. The van der Waals surface area contributed by atoms with E-state index in [4.69, 9.17) is 0 Å². The second-order valence-corrected chi connectivity index (χ2v) is 4.01. The minimum Gasteiger partial charge on any atom is -0.272 e. The Balaban J connectivity index is 2.47. The van der Waals surface area contributed by atoms with Crippen LogP contribution in [-0.4, -0.2) is 23.4 Å². The Morgan fingerprint density at radius 2 is 2.00 bits per heavy atom. The summed E-state index contributed by atoms with van der Waals surface area (Å²) >= 11 is 0. The molecule has 1 fully saturated rings. The maximum absolute atomic E-state index is 11.8. The number of hydrogen-bond acceptors (Lipinski definition) is 2. The standard InChI is InChI=1S/C12H20N2O2/c1-3-5-6-7-8-10-11(15)13-14(9-4-2)12(10)16/h6-7,10H,3-5,8-9H2,1-2H3,(H,13,15)/b7-6+. The molecule has 1 rings (SSSR count). The van der Waals surface area contributed by atoms with Gasteiger partial charge in [-0.3, -0.25) is 20.0 Å². The lowest BCUT2D eigenvalue weighted by molar-refractivity contribution is -0.132. The van der Waals surface area contributed by atoms with Crippen molar-refractivity contribution in [3.63, 3.8) is 0 Å². The van der Waals surface area contributed by atoms with Gasteiger partial charge in [0.2, 0.25) is 0 Å². The molecule has 0 aromatic rings. The lowest BCUT2D eigenvalue weighted by Crippen LogP contribution is -2.36. The molecule has 16 heavy (non-hydrogen) atoms. The molecule has 1 saturated heterocycles. The summed E-state index contributed by atoms with van der Waals surface area (Å²) in [5.41, 5.74) is 2.61. The van der Waals surface area contributed by atoms with Gasteiger partial charge in [0.05, 0.1) is 0 Å². The highest BCUT2D eigenvalue weighted by Crippen LogP contribution is 2.15. The molecule has 2 amide bonds. The molecule has 0 bridgehead atoms. The third-order valence-electron chi connectivity index (χ3n) is 2.57. The highest BCUT2D eigenvalue weighted by atomic mass is 16.2. The van der Waals surface area contributed by atoms with Gasteiger partial charge in [0.1, 0.15) is 5.92 Å². The molecule has 1 N–H and O–H groups in total. The summed E-state index contributed by atoms with van der Waals surface area (Å²) in [5, 5.41) is 1.43. The maximum Gasteiger partial charge on any atom is 0.253 e. The smallest absolute Gasteiger partial charge is 0.253 e. The zero-order valence-electron chi connectivity index (χ0n) is 10.0. The summed E-state index contributed by atoms with van der Waals surface area (Å²) in [4.78, 5) is 23.3. The van der Waals surface area contributed by atoms with Crippen molar-refractivity contribution in [1.29, 1.82) is 0 Å². The molecule has 1 aliphatic heterocycles. The van der Waals surface area contributed by atoms with Gasteiger partial charge in [-0.1, -0.05) is 32.4 Å². The molecule has 1 heterocycles. The van der Waals surface area contributed by atoms with Gasteiger partial charge in [-0.25, -0.2) is 0 Å². The van der Waals surface area contributed by atoms with E-state index in [0.29, 0.717) is 13.0 Å². The fraction of sp³-hybridized carbons (Fsp3) is 0.667. The topological polar surface area (TPSA) is 49.4 Å². The third kappa shape index (κ3) is 3.08. The summed E-state index contributed by atoms with van der Waals surface area (Å²) in [6, 6.07) is 0. The highest BCUT2D eigenvalue weighted by Gasteiger charge is 2.37. The van der Waals surface area contributed by atoms with Crippen LogP contribution >= 0.6 is 0 Å². The predicted molar refractivity (Wildman–Crippen MR) is 62.3 cm³/mol. The van der Waals surface area contributed by atoms with E-state index in [1.165, 1.54) is 5.01 Å². The number of nitrogens with zero attached hydrogens (tertiary/aromatic N) is 1. The van der Waals surface area contributed by atoms with Crippen molar-refractivity contribution < 1.29 is 9.59 Å². The number of carbonyl (C=O) groups excluding carboxylic acids is 2. The van der Waals surface area contributed by atoms with Crippen molar-refractivity contribution in [2.45, 2.75) is 39.5 Å². The normalized spacial score (nSPS) is 20.9. The van der Waals surface area contributed by atoms with Crippen LogP contribution in [-0.2, 0) is 9.59 Å². The molecular weight excluding hydrogens is 204 g/mol. The van der Waals surface area contributed by atoms with Crippen molar-refractivity contribution in [3.05, 3.63) is 12.2 Å². The van der Waals surface area contributed by atoms with Gasteiger partial charge in [0.25, 0.3) is 11.8 Å². The number of amides is 2. The number of unbranched alkanes of at least 4 members (excludes halogenated alkanes) is 1. The van der Waals surface area contributed by atoms with Crippen LogP contribution in [0, 0.1) is 5.92 Å². The van der Waals surface area contributed by atoms with Crippen molar-refractivity contribution in [2.24, 2.45) is 5.92 Å². The van der Waals surface area contributed by atoms with Gasteiger partial charge >= 0.3 is 0 Å². The predicted octanol–water partition coefficient (Wildman–Crippen LogP) is 1.63. The second kappa shape index (κ2) is 6.30. The number of allylic oxidation sites excluding steroid dienone is 2. The van der Waals surface area contributed by atoms with E-state index in [1.54, 1.807) is 0 Å². The molecule has 0 aromatic carbocycles. The first-order valence-corrected chi connectivity index (χ1v) is 5.97. The second-order valence-electron chi connectivity index (χ2n) is 4.01. The fourth-order valence-corrected chi connectivity index (χ4v) is 1.68. The van der Waals surface area contributed by atoms with Gasteiger partial charge in [0, 0.05) is 6.54 Å². The van der Waals surface area contributed by atoms with Crippen molar-refractivity contribution >= 4 is 11.8 Å². The average molecular weight is 224 g/mol. The SMILES string of the molecule is CCC/C=C/CC1C(=O)NN(CCC)C1=O. The van der Waals surface area contributed by atoms with Gasteiger partial charge in [-0.2, -0.15) is 0 Å². The minimum atomic E-state index is -0.514. The van der Waals surface area contributed by atoms with Crippen LogP contribution in [0.4, 0.5) is 0 Å². The Labute approximate surface area is 96.7 Å². The zero-order valence-corrected chi connectivity index (χ0v) is 10.0. The zero-order chi connectivity index (χ0) is 12.0. The van der Waals surface area contributed by atoms with Crippen LogP contribution in [0.3, 0.4) is 0 Å². The molecular formula is C12H20N2O2. The molecule has 0 radical (unpaired) electrons. The fourth-order valence-electron chi connectivity index (χ4n) is 1.68. The molecule has 1 aliphatic rings. The third-order valence-corrected chi connectivity index (χ3v) is 2.57. The summed E-state index contributed by atoms with van der Waals surface area (Å²) in [7, 11) is 0. The lowest BCUT2D eigenvalue weighted by Gasteiger charge is -2.13. The maximum atomic E-state index is 11.8. The van der Waals surface area contributed by atoms with E-state index >= 15 is 0 Å². The average Bonchev–Trinajstić information content (AvgIpc) is 2.52. The van der Waals surface area contributed by atoms with E-state index in [9.17, 15) is 9.59 Å². The summed E-state index contributed by atoms with van der Waals surface area (Å²) in [6.45, 7) is 4.68. The molecule has 0 aromatic heterocycles. The van der Waals surface area contributed by atoms with Crippen LogP contribution < -0.4 is 5.43 Å². The monoisotopic (exact) mass is 224 g/mol. The van der Waals surface area contributed by atoms with Crippen molar-refractivity contribution in [2.75, 3.05) is 6.54 Å². The van der Waals surface area contributed by atoms with Gasteiger partial charge in [-0.15, -0.1) is 0 Å². The first-order valence-electron chi connectivity index (χ1n) is 5.97. The first-order chi connectivity index (χ1) is 7.70. The van der Waals surface area contributed by atoms with Crippen molar-refractivity contribution in [3.8, 4) is 0 Å². The Morgan fingerprint density at radius 3 is 2.62 bits per heavy atom. The first kappa shape index (κ1) is 12.7. The van der Waals surface area contributed by atoms with Gasteiger partial charge in [-0.05, 0) is 19.3 Å². The van der Waals surface area contributed by atoms with E-state index in [2.05, 4.69) is 12.3 Å². The molecule has 1 unspecified atom stereocenters. The quantitative estimate of drug-likeness (QED) is 0.550. The number of rotatable bonds is 6. The van der Waals surface area contributed by atoms with Crippen molar-refractivity contribution in [1.82, 2.24) is 10.4 Å². The number of nitrogens with one attached hydrogen (secondary N) is 1. The van der Waals surface area contributed by atoms with Gasteiger partial charge < -0.3 is 0 Å². The van der Waals surface area contributed by atoms with Crippen LogP contribution in [0.1, 0.15) is 39.5 Å². The van der Waals surface area contributed by atoms with Crippen LogP contribution in [0.25, 0.3) is 0 Å². The Kier molecular flexibility index (Phi) is 5.02. The van der Waals surface area contributed by atoms with Crippen LogP contribution in [0.15, 0.2) is 12.2 Å². The van der Waals surface area contributed by atoms with E-state index in [-0.39, 0.29) is 11.8 Å². The largest absolute Gasteiger partial charge is 0.272 e. The van der Waals surface area contributed by atoms with E-state index in [0.717, 1.165) is 19.3 Å². The Bertz CT molecular complexity index is 287. The van der Waals surface area contributed by atoms with Crippen LogP contribution in [0.2, 0.25) is 0 Å². The number of hydrogen-bond donors (Lipinski definition) is 1. The number of carbonyl (C=O) groups is 2. The molecule has 4 heteroatoms. The highest BCUT2D eigenvalue weighted by molar-refractivity contribution is 6.05. The van der Waals surface area contributed by atoms with Gasteiger partial charge in [0.15, 0.2) is 0 Å². The van der Waals surface area contributed by atoms with Crippen LogP contribution in [0.5, 0.6) is 0 Å². The van der Waals surface area contributed by atoms with E-state index in [1.807, 2.05) is 19.1 Å². The Hall–Kier alpha value is -1.32. The minimum absolute atomic E-state index is 0.0898. The molecule has 0 aliphatic carbocycles. The van der Waals surface area contributed by atoms with E-state index < -0.39 is 5.92 Å². The molecule has 4 nitrogen and oxygen atoms in total.